The van der Waals surface area contributed by atoms with Crippen molar-refractivity contribution in [2.45, 2.75) is 19.3 Å². The smallest absolute Gasteiger partial charge is 0.224 e. The van der Waals surface area contributed by atoms with E-state index in [1.807, 2.05) is 42.6 Å². The Labute approximate surface area is 180 Å². The number of fused-ring (bicyclic) bond motifs is 1. The number of carbonyl (C=O) groups is 1. The van der Waals surface area contributed by atoms with Crippen molar-refractivity contribution in [3.8, 4) is 11.5 Å². The lowest BCUT2D eigenvalue weighted by molar-refractivity contribution is -0.125. The molecule has 2 N–H and O–H groups in total. The summed E-state index contributed by atoms with van der Waals surface area (Å²) in [4.78, 5) is 18.2. The van der Waals surface area contributed by atoms with Crippen molar-refractivity contribution in [2.75, 3.05) is 24.5 Å². The van der Waals surface area contributed by atoms with E-state index in [1.54, 1.807) is 6.26 Å². The van der Waals surface area contributed by atoms with Gasteiger partial charge in [0.05, 0.1) is 12.2 Å². The number of aromatic nitrogens is 3. The Kier molecular flexibility index (Phi) is 5.39. The first kappa shape index (κ1) is 19.4. The van der Waals surface area contributed by atoms with Crippen LogP contribution in [-0.2, 0) is 11.2 Å². The summed E-state index contributed by atoms with van der Waals surface area (Å²) in [5.74, 6) is 1.57. The number of hydrogen-bond donors (Lipinski definition) is 2. The van der Waals surface area contributed by atoms with Crippen LogP contribution in [-0.4, -0.2) is 40.7 Å². The standard InChI is InChI=1S/C24H25N5O2/c30-24(25-12-11-17-15-26-20-7-2-1-6-19(17)20)18-5-3-13-29(16-18)23-10-9-21(27-28-23)22-8-4-14-31-22/h1-2,4,6-10,14-15,18,26H,3,5,11-13,16H2,(H,25,30). The fourth-order valence-corrected chi connectivity index (χ4v) is 4.25. The predicted octanol–water partition coefficient (Wildman–Crippen LogP) is 3.79. The number of amides is 1. The van der Waals surface area contributed by atoms with E-state index < -0.39 is 0 Å². The number of carbonyl (C=O) groups excluding carboxylic acids is 1. The molecule has 1 aliphatic heterocycles. The quantitative estimate of drug-likeness (QED) is 0.500. The van der Waals surface area contributed by atoms with Gasteiger partial charge in [0.25, 0.3) is 0 Å². The Morgan fingerprint density at radius 1 is 1.16 bits per heavy atom. The first-order chi connectivity index (χ1) is 15.3. The molecule has 158 valence electrons. The summed E-state index contributed by atoms with van der Waals surface area (Å²) in [6.07, 6.45) is 6.32. The molecule has 0 bridgehead atoms. The second-order valence-electron chi connectivity index (χ2n) is 7.94. The molecule has 31 heavy (non-hydrogen) atoms. The van der Waals surface area contributed by atoms with Crippen molar-refractivity contribution in [1.29, 1.82) is 0 Å². The first-order valence-electron chi connectivity index (χ1n) is 10.7. The number of hydrogen-bond acceptors (Lipinski definition) is 5. The molecule has 4 aromatic rings. The van der Waals surface area contributed by atoms with Crippen molar-refractivity contribution in [1.82, 2.24) is 20.5 Å². The van der Waals surface area contributed by atoms with Gasteiger partial charge in [0.1, 0.15) is 5.69 Å². The third-order valence-corrected chi connectivity index (χ3v) is 5.91. The lowest BCUT2D eigenvalue weighted by atomic mass is 9.97. The molecule has 0 spiro atoms. The molecule has 0 aliphatic carbocycles. The summed E-state index contributed by atoms with van der Waals surface area (Å²) < 4.78 is 5.37. The van der Waals surface area contributed by atoms with Crippen molar-refractivity contribution in [3.63, 3.8) is 0 Å². The third-order valence-electron chi connectivity index (χ3n) is 5.91. The third kappa shape index (κ3) is 4.17. The SMILES string of the molecule is O=C(NCCc1c[nH]c2ccccc12)C1CCCN(c2ccc(-c3ccco3)nn2)C1. The maximum atomic E-state index is 12.8. The monoisotopic (exact) mass is 415 g/mol. The molecule has 0 radical (unpaired) electrons. The lowest BCUT2D eigenvalue weighted by Crippen LogP contribution is -2.43. The number of benzene rings is 1. The van der Waals surface area contributed by atoms with E-state index in [0.29, 0.717) is 24.5 Å². The number of piperidine rings is 1. The molecule has 1 atom stereocenters. The van der Waals surface area contributed by atoms with Crippen molar-refractivity contribution in [3.05, 3.63) is 66.6 Å². The minimum Gasteiger partial charge on any atom is -0.463 e. The Hall–Kier alpha value is -3.61. The van der Waals surface area contributed by atoms with Crippen molar-refractivity contribution < 1.29 is 9.21 Å². The molecule has 7 nitrogen and oxygen atoms in total. The van der Waals surface area contributed by atoms with Gasteiger partial charge in [-0.1, -0.05) is 18.2 Å². The highest BCUT2D eigenvalue weighted by molar-refractivity contribution is 5.83. The Bertz CT molecular complexity index is 1150. The summed E-state index contributed by atoms with van der Waals surface area (Å²) in [6.45, 7) is 2.18. The molecule has 1 fully saturated rings. The van der Waals surface area contributed by atoms with E-state index >= 15 is 0 Å². The normalized spacial score (nSPS) is 16.5. The number of H-pyrrole nitrogens is 1. The lowest BCUT2D eigenvalue weighted by Gasteiger charge is -2.32. The molecular formula is C24H25N5O2. The Morgan fingerprint density at radius 3 is 2.94 bits per heavy atom. The molecule has 0 saturated carbocycles. The van der Waals surface area contributed by atoms with Crippen LogP contribution in [0.4, 0.5) is 5.82 Å². The second kappa shape index (κ2) is 8.63. The largest absolute Gasteiger partial charge is 0.463 e. The summed E-state index contributed by atoms with van der Waals surface area (Å²) in [6, 6.07) is 15.8. The molecule has 1 aromatic carbocycles. The van der Waals surface area contributed by atoms with Gasteiger partial charge >= 0.3 is 0 Å². The molecular weight excluding hydrogens is 390 g/mol. The minimum atomic E-state index is -0.0386. The zero-order valence-electron chi connectivity index (χ0n) is 17.3. The molecule has 5 rings (SSSR count). The number of furan rings is 1. The van der Waals surface area contributed by atoms with Crippen molar-refractivity contribution >= 4 is 22.6 Å². The van der Waals surface area contributed by atoms with E-state index in [9.17, 15) is 4.79 Å². The molecule has 1 amide bonds. The van der Waals surface area contributed by atoms with E-state index in [4.69, 9.17) is 4.42 Å². The summed E-state index contributed by atoms with van der Waals surface area (Å²) >= 11 is 0. The number of nitrogens with one attached hydrogen (secondary N) is 2. The van der Waals surface area contributed by atoms with E-state index in [0.717, 1.165) is 37.1 Å². The van der Waals surface area contributed by atoms with Gasteiger partial charge in [0, 0.05) is 36.7 Å². The maximum Gasteiger partial charge on any atom is 0.224 e. The highest BCUT2D eigenvalue weighted by Crippen LogP contribution is 2.24. The fourth-order valence-electron chi connectivity index (χ4n) is 4.25. The number of aromatic amines is 1. The second-order valence-corrected chi connectivity index (χ2v) is 7.94. The van der Waals surface area contributed by atoms with Crippen LogP contribution in [0.1, 0.15) is 18.4 Å². The van der Waals surface area contributed by atoms with E-state index in [-0.39, 0.29) is 11.8 Å². The van der Waals surface area contributed by atoms with Crippen LogP contribution in [0.3, 0.4) is 0 Å². The van der Waals surface area contributed by atoms with Crippen LogP contribution >= 0.6 is 0 Å². The van der Waals surface area contributed by atoms with Gasteiger partial charge in [-0.25, -0.2) is 0 Å². The number of para-hydroxylation sites is 1. The predicted molar refractivity (Wildman–Crippen MR) is 120 cm³/mol. The Morgan fingerprint density at radius 2 is 2.10 bits per heavy atom. The molecule has 7 heteroatoms. The van der Waals surface area contributed by atoms with E-state index in [1.165, 1.54) is 10.9 Å². The van der Waals surface area contributed by atoms with Crippen molar-refractivity contribution in [2.24, 2.45) is 5.92 Å². The van der Waals surface area contributed by atoms with Gasteiger partial charge in [-0.05, 0) is 55.2 Å². The molecule has 1 unspecified atom stereocenters. The molecule has 1 saturated heterocycles. The number of rotatable bonds is 6. The minimum absolute atomic E-state index is 0.0386. The highest BCUT2D eigenvalue weighted by atomic mass is 16.3. The van der Waals surface area contributed by atoms with Gasteiger partial charge < -0.3 is 19.6 Å². The summed E-state index contributed by atoms with van der Waals surface area (Å²) in [5, 5.41) is 13.0. The number of nitrogens with zero attached hydrogens (tertiary/aromatic N) is 3. The van der Waals surface area contributed by atoms with Gasteiger partial charge in [-0.2, -0.15) is 0 Å². The maximum absolute atomic E-state index is 12.8. The Balaban J connectivity index is 1.16. The topological polar surface area (TPSA) is 87.0 Å². The van der Waals surface area contributed by atoms with Gasteiger partial charge in [-0.15, -0.1) is 10.2 Å². The average Bonchev–Trinajstić information content (AvgIpc) is 3.50. The first-order valence-corrected chi connectivity index (χ1v) is 10.7. The summed E-state index contributed by atoms with van der Waals surface area (Å²) in [5.41, 5.74) is 3.07. The van der Waals surface area contributed by atoms with Crippen LogP contribution in [0.25, 0.3) is 22.4 Å². The zero-order chi connectivity index (χ0) is 21.0. The fraction of sp³-hybridized carbons (Fsp3) is 0.292. The highest BCUT2D eigenvalue weighted by Gasteiger charge is 2.26. The van der Waals surface area contributed by atoms with Gasteiger partial charge in [0.15, 0.2) is 11.6 Å². The zero-order valence-corrected chi connectivity index (χ0v) is 17.3. The molecule has 1 aliphatic rings. The van der Waals surface area contributed by atoms with Crippen LogP contribution < -0.4 is 10.2 Å². The molecule has 4 heterocycles. The van der Waals surface area contributed by atoms with E-state index in [2.05, 4.69) is 37.5 Å². The summed E-state index contributed by atoms with van der Waals surface area (Å²) in [7, 11) is 0. The number of anilines is 1. The van der Waals surface area contributed by atoms with Crippen LogP contribution in [0.15, 0.2) is 65.4 Å². The van der Waals surface area contributed by atoms with Gasteiger partial charge in [-0.3, -0.25) is 4.79 Å². The van der Waals surface area contributed by atoms with Crippen LogP contribution in [0.5, 0.6) is 0 Å². The van der Waals surface area contributed by atoms with Crippen LogP contribution in [0.2, 0.25) is 0 Å². The van der Waals surface area contributed by atoms with Crippen LogP contribution in [0, 0.1) is 5.92 Å². The molecule has 3 aromatic heterocycles. The van der Waals surface area contributed by atoms with Gasteiger partial charge in [0.2, 0.25) is 5.91 Å². The average molecular weight is 415 g/mol.